The molecule has 22 heteroatoms. The third kappa shape index (κ3) is 14.7. The van der Waals surface area contributed by atoms with Crippen LogP contribution in [0, 0.1) is 10.8 Å². The maximum Gasteiger partial charge on any atom is 0.338 e. The number of ether oxygens (including phenoxy) is 5. The van der Waals surface area contributed by atoms with Crippen molar-refractivity contribution < 1.29 is 80.4 Å². The SMILES string of the molecule is CCC(c1cccc(OCCCOC(=O)c2cccc(S(=O)(=O)NC(=O)C(C)(C)C)c2)c1)[C@@]1(C(=O)O)[C@@H](c2ccc(OC)c(OC)c2)CCCN1C(=O)C(=O)C(C)(C)COC(=O)[C@H](Cc1ccccc1)NC(=O)CCN1C(=O)C=CC1=O. The largest absolute Gasteiger partial charge is 0.493 e. The number of rotatable bonds is 26. The van der Waals surface area contributed by atoms with Gasteiger partial charge >= 0.3 is 17.9 Å². The number of ketones is 1. The van der Waals surface area contributed by atoms with Gasteiger partial charge in [-0.15, -0.1) is 0 Å². The normalized spacial score (nSPS) is 17.0. The predicted octanol–water partition coefficient (Wildman–Crippen LogP) is 6.09. The van der Waals surface area contributed by atoms with Crippen molar-refractivity contribution in [2.75, 3.05) is 47.1 Å². The van der Waals surface area contributed by atoms with Gasteiger partial charge in [0.25, 0.3) is 27.7 Å². The summed E-state index contributed by atoms with van der Waals surface area (Å²) in [6, 6.07) is 24.1. The van der Waals surface area contributed by atoms with Gasteiger partial charge in [0, 0.05) is 61.8 Å². The monoisotopic (exact) mass is 1150 g/mol. The van der Waals surface area contributed by atoms with E-state index in [9.17, 15) is 51.9 Å². The van der Waals surface area contributed by atoms with Gasteiger partial charge in [-0.05, 0) is 92.3 Å². The third-order valence-corrected chi connectivity index (χ3v) is 15.6. The second kappa shape index (κ2) is 26.9. The van der Waals surface area contributed by atoms with E-state index in [1.54, 1.807) is 100 Å². The maximum atomic E-state index is 15.2. The van der Waals surface area contributed by atoms with E-state index in [4.69, 9.17) is 23.7 Å². The van der Waals surface area contributed by atoms with Gasteiger partial charge in [-0.1, -0.05) is 82.3 Å². The van der Waals surface area contributed by atoms with Crippen LogP contribution in [-0.2, 0) is 64.3 Å². The molecule has 1 fully saturated rings. The second-order valence-corrected chi connectivity index (χ2v) is 23.2. The van der Waals surface area contributed by atoms with E-state index in [0.29, 0.717) is 33.9 Å². The number of nitrogens with one attached hydrogen (secondary N) is 2. The number of amides is 5. The molecule has 1 saturated heterocycles. The van der Waals surface area contributed by atoms with E-state index in [2.05, 4.69) is 5.32 Å². The van der Waals surface area contributed by atoms with E-state index < -0.39 is 104 Å². The summed E-state index contributed by atoms with van der Waals surface area (Å²) >= 11 is 0. The van der Waals surface area contributed by atoms with Crippen molar-refractivity contribution >= 4 is 63.3 Å². The average molecular weight is 1150 g/mol. The Kier molecular flexibility index (Phi) is 20.6. The fourth-order valence-electron chi connectivity index (χ4n) is 9.90. The van der Waals surface area contributed by atoms with Crippen molar-refractivity contribution in [2.45, 2.75) is 108 Å². The molecule has 2 aliphatic rings. The molecule has 3 N–H and O–H groups in total. The lowest BCUT2D eigenvalue weighted by molar-refractivity contribution is -0.171. The molecule has 0 spiro atoms. The summed E-state index contributed by atoms with van der Waals surface area (Å²) in [5.41, 5.74) is -3.38. The highest BCUT2D eigenvalue weighted by Gasteiger charge is 2.61. The Labute approximate surface area is 476 Å². The molecule has 0 aromatic heterocycles. The number of hydrogen-bond acceptors (Lipinski definition) is 16. The van der Waals surface area contributed by atoms with E-state index >= 15 is 4.79 Å². The van der Waals surface area contributed by atoms with Crippen LogP contribution in [0.15, 0.2) is 114 Å². The van der Waals surface area contributed by atoms with Crippen LogP contribution >= 0.6 is 0 Å². The molecular formula is C60H70N4O17S. The van der Waals surface area contributed by atoms with Crippen molar-refractivity contribution in [1.82, 2.24) is 19.8 Å². The Bertz CT molecular complexity index is 3190. The van der Waals surface area contributed by atoms with E-state index in [1.807, 2.05) is 4.72 Å². The summed E-state index contributed by atoms with van der Waals surface area (Å²) in [7, 11) is -1.40. The highest BCUT2D eigenvalue weighted by atomic mass is 32.2. The number of carboxylic acid groups (broad SMARTS) is 1. The first-order valence-electron chi connectivity index (χ1n) is 26.7. The van der Waals surface area contributed by atoms with Crippen LogP contribution in [0.25, 0.3) is 0 Å². The molecule has 1 unspecified atom stereocenters. The predicted molar refractivity (Wildman–Crippen MR) is 297 cm³/mol. The number of benzene rings is 4. The lowest BCUT2D eigenvalue weighted by Crippen LogP contribution is -2.67. The highest BCUT2D eigenvalue weighted by Crippen LogP contribution is 2.52. The number of carbonyl (C=O) groups excluding carboxylic acids is 8. The minimum atomic E-state index is -4.29. The second-order valence-electron chi connectivity index (χ2n) is 21.5. The number of sulfonamides is 1. The summed E-state index contributed by atoms with van der Waals surface area (Å²) in [5.74, 6) is -8.87. The van der Waals surface area contributed by atoms with Gasteiger partial charge in [0.15, 0.2) is 17.0 Å². The maximum absolute atomic E-state index is 15.2. The first kappa shape index (κ1) is 62.8. The summed E-state index contributed by atoms with van der Waals surface area (Å²) in [6.07, 6.45) is 2.67. The number of piperidine rings is 1. The Morgan fingerprint density at radius 2 is 1.49 bits per heavy atom. The first-order chi connectivity index (χ1) is 38.8. The smallest absolute Gasteiger partial charge is 0.338 e. The number of likely N-dealkylation sites (tertiary alicyclic amines) is 1. The van der Waals surface area contributed by atoms with Crippen LogP contribution in [-0.4, -0.2) is 135 Å². The third-order valence-electron chi connectivity index (χ3n) is 14.3. The Balaban J connectivity index is 1.22. The Hall–Kier alpha value is -8.40. The summed E-state index contributed by atoms with van der Waals surface area (Å²) in [6.45, 7) is 8.06. The summed E-state index contributed by atoms with van der Waals surface area (Å²) in [4.78, 5) is 123. The quantitative estimate of drug-likeness (QED) is 0.0278. The molecule has 438 valence electrons. The Morgan fingerprint density at radius 3 is 2.13 bits per heavy atom. The van der Waals surface area contributed by atoms with Crippen LogP contribution in [0.5, 0.6) is 17.2 Å². The highest BCUT2D eigenvalue weighted by molar-refractivity contribution is 7.90. The van der Waals surface area contributed by atoms with Gasteiger partial charge in [0.1, 0.15) is 18.4 Å². The van der Waals surface area contributed by atoms with Gasteiger partial charge in [-0.3, -0.25) is 33.7 Å². The van der Waals surface area contributed by atoms with E-state index in [-0.39, 0.29) is 75.3 Å². The lowest BCUT2D eigenvalue weighted by atomic mass is 9.62. The lowest BCUT2D eigenvalue weighted by Gasteiger charge is -2.53. The fraction of sp³-hybridized carbons (Fsp3) is 0.417. The first-order valence-corrected chi connectivity index (χ1v) is 28.2. The topological polar surface area (TPSA) is 285 Å². The molecule has 82 heavy (non-hydrogen) atoms. The number of carbonyl (C=O) groups is 9. The number of aliphatic carboxylic acids is 1. The summed E-state index contributed by atoms with van der Waals surface area (Å²) in [5, 5.41) is 14.5. The van der Waals surface area contributed by atoms with Crippen molar-refractivity contribution in [3.05, 3.63) is 131 Å². The van der Waals surface area contributed by atoms with Gasteiger partial charge in [-0.2, -0.15) is 0 Å². The number of carboxylic acids is 1. The van der Waals surface area contributed by atoms with Crippen molar-refractivity contribution in [3.8, 4) is 17.2 Å². The minimum absolute atomic E-state index is 0.0122. The fourth-order valence-corrected chi connectivity index (χ4v) is 11.1. The molecule has 0 radical (unpaired) electrons. The van der Waals surface area contributed by atoms with Crippen LogP contribution in [0.2, 0.25) is 0 Å². The van der Waals surface area contributed by atoms with Gasteiger partial charge < -0.3 is 39.0 Å². The number of esters is 2. The molecule has 4 atom stereocenters. The molecule has 4 aromatic rings. The number of imide groups is 1. The van der Waals surface area contributed by atoms with Gasteiger partial charge in [-0.25, -0.2) is 27.5 Å². The van der Waals surface area contributed by atoms with Crippen LogP contribution < -0.4 is 24.2 Å². The molecule has 0 aliphatic carbocycles. The average Bonchev–Trinajstić information content (AvgIpc) is 3.71. The van der Waals surface area contributed by atoms with E-state index in [1.165, 1.54) is 46.3 Å². The van der Waals surface area contributed by atoms with Gasteiger partial charge in [0.05, 0.1) is 43.3 Å². The van der Waals surface area contributed by atoms with E-state index in [0.717, 1.165) is 28.0 Å². The van der Waals surface area contributed by atoms with Crippen LogP contribution in [0.3, 0.4) is 0 Å². The molecule has 4 aromatic carbocycles. The van der Waals surface area contributed by atoms with Gasteiger partial charge in [0.2, 0.25) is 17.6 Å². The summed E-state index contributed by atoms with van der Waals surface area (Å²) < 4.78 is 56.3. The van der Waals surface area contributed by atoms with Crippen molar-refractivity contribution in [3.63, 3.8) is 0 Å². The van der Waals surface area contributed by atoms with Crippen LogP contribution in [0.4, 0.5) is 0 Å². The van der Waals surface area contributed by atoms with Crippen molar-refractivity contribution in [1.29, 1.82) is 0 Å². The molecule has 0 bridgehead atoms. The molecule has 0 saturated carbocycles. The number of hydrogen-bond donors (Lipinski definition) is 3. The van der Waals surface area contributed by atoms with Crippen LogP contribution in [0.1, 0.15) is 113 Å². The zero-order valence-corrected chi connectivity index (χ0v) is 48.0. The molecule has 21 nitrogen and oxygen atoms in total. The standard InChI is InChI=1S/C60H70N4O17S/c1-9-44(39-19-13-21-42(34-39)79-31-16-32-80-54(70)41-20-14-22-43(35-41)82(75,76)62-56(72)58(2,3)4)60(57(73)74)45(40-24-25-47(77-7)48(36-40)78-8)23-15-29-64(60)53(69)52(68)59(5,6)37-81-55(71)46(33-38-17-11-10-12-18-38)61-49(65)28-30-63-50(66)26-27-51(63)67/h10-14,17-22,24-27,34-36,44-46H,9,15-16,23,28-33,37H2,1-8H3,(H,61,65)(H,62,72)(H,73,74)/t44?,45-,46+,60+/m1/s1. The number of nitrogens with zero attached hydrogens (tertiary/aromatic N) is 2. The number of Topliss-reactive ketones (excluding diaryl/α,β-unsaturated/α-hetero) is 1. The Morgan fingerprint density at radius 1 is 0.805 bits per heavy atom. The van der Waals surface area contributed by atoms with Crippen molar-refractivity contribution in [2.24, 2.45) is 10.8 Å². The molecule has 2 aliphatic heterocycles. The molecule has 6 rings (SSSR count). The molecular weight excluding hydrogens is 1080 g/mol. The number of methoxy groups -OCH3 is 2. The molecule has 2 heterocycles. The minimum Gasteiger partial charge on any atom is -0.493 e. The zero-order valence-electron chi connectivity index (χ0n) is 47.2. The molecule has 5 amide bonds. The zero-order chi connectivity index (χ0) is 60.2.